The van der Waals surface area contributed by atoms with Crippen molar-refractivity contribution in [1.82, 2.24) is 20.9 Å². The van der Waals surface area contributed by atoms with Crippen LogP contribution in [0.2, 0.25) is 0 Å². The average molecular weight is 420 g/mol. The van der Waals surface area contributed by atoms with Crippen LogP contribution in [-0.4, -0.2) is 41.4 Å². The Kier molecular flexibility index (Phi) is 5.22. The molecule has 31 heavy (non-hydrogen) atoms. The smallest absolute Gasteiger partial charge is 0.326 e. The maximum absolute atomic E-state index is 13.6. The largest absolute Gasteiger partial charge is 0.335 e. The van der Waals surface area contributed by atoms with Crippen LogP contribution in [0.4, 0.5) is 9.59 Å². The van der Waals surface area contributed by atoms with Gasteiger partial charge < -0.3 is 10.6 Å². The van der Waals surface area contributed by atoms with Crippen molar-refractivity contribution in [3.63, 3.8) is 0 Å². The van der Waals surface area contributed by atoms with Crippen LogP contribution >= 0.6 is 0 Å². The molecule has 0 radical (unpaired) electrons. The number of carbonyl (C=O) groups is 4. The molecular formula is C23H24N4O4. The molecule has 6 amide bonds. The summed E-state index contributed by atoms with van der Waals surface area (Å²) < 4.78 is 0. The lowest BCUT2D eigenvalue weighted by atomic mass is 9.81. The lowest BCUT2D eigenvalue weighted by molar-refractivity contribution is -0.134. The highest BCUT2D eigenvalue weighted by atomic mass is 16.2. The fraction of sp³-hybridized carbons (Fsp3) is 0.304. The van der Waals surface area contributed by atoms with Gasteiger partial charge in [0.1, 0.15) is 6.54 Å². The molecule has 1 saturated carbocycles. The van der Waals surface area contributed by atoms with Crippen molar-refractivity contribution in [2.75, 3.05) is 6.54 Å². The molecule has 2 aliphatic rings. The van der Waals surface area contributed by atoms with Gasteiger partial charge in [0, 0.05) is 6.04 Å². The van der Waals surface area contributed by atoms with Gasteiger partial charge in [-0.1, -0.05) is 48.5 Å². The number of hydrogen-bond donors (Lipinski definition) is 3. The number of hydrogen-bond acceptors (Lipinski definition) is 4. The maximum Gasteiger partial charge on any atom is 0.326 e. The van der Waals surface area contributed by atoms with E-state index in [0.717, 1.165) is 28.9 Å². The Morgan fingerprint density at radius 2 is 1.74 bits per heavy atom. The highest BCUT2D eigenvalue weighted by Crippen LogP contribution is 2.36. The van der Waals surface area contributed by atoms with Crippen molar-refractivity contribution in [3.05, 3.63) is 70.8 Å². The second-order valence-electron chi connectivity index (χ2n) is 8.03. The summed E-state index contributed by atoms with van der Waals surface area (Å²) >= 11 is 0. The van der Waals surface area contributed by atoms with Crippen LogP contribution in [0, 0.1) is 13.8 Å². The van der Waals surface area contributed by atoms with Crippen LogP contribution < -0.4 is 16.0 Å². The summed E-state index contributed by atoms with van der Waals surface area (Å²) in [5, 5.41) is 7.62. The molecule has 0 aromatic heterocycles. The third-order valence-electron chi connectivity index (χ3n) is 5.72. The average Bonchev–Trinajstić information content (AvgIpc) is 3.52. The summed E-state index contributed by atoms with van der Waals surface area (Å²) in [5.41, 5.74) is 1.78. The maximum atomic E-state index is 13.6. The number of rotatable bonds is 5. The van der Waals surface area contributed by atoms with Gasteiger partial charge in [0.2, 0.25) is 5.91 Å². The van der Waals surface area contributed by atoms with Crippen molar-refractivity contribution in [3.8, 4) is 0 Å². The topological polar surface area (TPSA) is 108 Å². The predicted molar refractivity (Wildman–Crippen MR) is 113 cm³/mol. The first kappa shape index (κ1) is 20.6. The van der Waals surface area contributed by atoms with Gasteiger partial charge in [0.15, 0.2) is 5.54 Å². The number of amides is 6. The van der Waals surface area contributed by atoms with E-state index in [9.17, 15) is 19.2 Å². The van der Waals surface area contributed by atoms with Crippen molar-refractivity contribution < 1.29 is 19.2 Å². The van der Waals surface area contributed by atoms with Crippen LogP contribution in [-0.2, 0) is 15.1 Å². The molecule has 1 saturated heterocycles. The first-order valence-electron chi connectivity index (χ1n) is 10.2. The lowest BCUT2D eigenvalue weighted by Crippen LogP contribution is -2.48. The minimum absolute atomic E-state index is 0.0834. The van der Waals surface area contributed by atoms with E-state index >= 15 is 0 Å². The SMILES string of the molecule is Cc1ccc([C@]2(c3ccccc3)NC(=O)N(CC(=O)NC(=O)NC3CC3)C2=O)cc1C. The van der Waals surface area contributed by atoms with Gasteiger partial charge in [-0.15, -0.1) is 0 Å². The van der Waals surface area contributed by atoms with E-state index in [4.69, 9.17) is 0 Å². The van der Waals surface area contributed by atoms with Gasteiger partial charge in [-0.2, -0.15) is 0 Å². The standard InChI is InChI=1S/C23H24N4O4/c1-14-8-9-17(12-15(14)2)23(16-6-4-3-5-7-16)20(29)27(22(31)26-23)13-19(28)25-21(30)24-18-10-11-18/h3-9,12,18H,10-11,13H2,1-2H3,(H,26,31)(H2,24,25,28,30)/t23-/m0/s1. The summed E-state index contributed by atoms with van der Waals surface area (Å²) in [4.78, 5) is 51.4. The highest BCUT2D eigenvalue weighted by molar-refractivity contribution is 6.12. The Hall–Kier alpha value is -3.68. The zero-order valence-corrected chi connectivity index (χ0v) is 17.4. The van der Waals surface area contributed by atoms with E-state index in [1.807, 2.05) is 32.0 Å². The molecule has 2 aromatic rings. The van der Waals surface area contributed by atoms with Gasteiger partial charge in [-0.3, -0.25) is 19.8 Å². The van der Waals surface area contributed by atoms with Crippen LogP contribution in [0.1, 0.15) is 35.1 Å². The zero-order chi connectivity index (χ0) is 22.2. The molecule has 2 aromatic carbocycles. The van der Waals surface area contributed by atoms with E-state index in [-0.39, 0.29) is 6.04 Å². The molecule has 0 spiro atoms. The summed E-state index contributed by atoms with van der Waals surface area (Å²) in [6, 6.07) is 13.3. The molecule has 8 heteroatoms. The van der Waals surface area contributed by atoms with Crippen LogP contribution in [0.25, 0.3) is 0 Å². The molecule has 0 unspecified atom stereocenters. The summed E-state index contributed by atoms with van der Waals surface area (Å²) in [7, 11) is 0. The molecule has 1 aliphatic carbocycles. The van der Waals surface area contributed by atoms with Gasteiger partial charge in [0.05, 0.1) is 0 Å². The molecule has 1 heterocycles. The second kappa shape index (κ2) is 7.86. The van der Waals surface area contributed by atoms with E-state index in [1.54, 1.807) is 30.3 Å². The van der Waals surface area contributed by atoms with Crippen molar-refractivity contribution in [2.24, 2.45) is 0 Å². The molecule has 8 nitrogen and oxygen atoms in total. The Bertz CT molecular complexity index is 1060. The summed E-state index contributed by atoms with van der Waals surface area (Å²) in [5.74, 6) is -1.30. The summed E-state index contributed by atoms with van der Waals surface area (Å²) in [6.07, 6.45) is 1.76. The van der Waals surface area contributed by atoms with Gasteiger partial charge in [0.25, 0.3) is 5.91 Å². The minimum atomic E-state index is -1.45. The predicted octanol–water partition coefficient (Wildman–Crippen LogP) is 2.09. The van der Waals surface area contributed by atoms with Crippen LogP contribution in [0.3, 0.4) is 0 Å². The minimum Gasteiger partial charge on any atom is -0.335 e. The monoisotopic (exact) mass is 420 g/mol. The number of imide groups is 2. The normalized spacial score (nSPS) is 20.4. The van der Waals surface area contributed by atoms with Gasteiger partial charge in [-0.05, 0) is 48.9 Å². The van der Waals surface area contributed by atoms with Crippen LogP contribution in [0.15, 0.2) is 48.5 Å². The first-order chi connectivity index (χ1) is 14.8. The molecule has 160 valence electrons. The Labute approximate surface area is 180 Å². The Morgan fingerprint density at radius 3 is 2.39 bits per heavy atom. The van der Waals surface area contributed by atoms with Crippen LogP contribution in [0.5, 0.6) is 0 Å². The van der Waals surface area contributed by atoms with E-state index in [1.165, 1.54) is 0 Å². The van der Waals surface area contributed by atoms with Gasteiger partial charge >= 0.3 is 12.1 Å². The highest BCUT2D eigenvalue weighted by Gasteiger charge is 2.54. The Morgan fingerprint density at radius 1 is 1.03 bits per heavy atom. The molecule has 4 rings (SSSR count). The van der Waals surface area contributed by atoms with Gasteiger partial charge in [-0.25, -0.2) is 9.59 Å². The molecule has 2 fully saturated rings. The third-order valence-corrected chi connectivity index (χ3v) is 5.72. The fourth-order valence-electron chi connectivity index (χ4n) is 3.70. The number of urea groups is 2. The first-order valence-corrected chi connectivity index (χ1v) is 10.2. The van der Waals surface area contributed by atoms with E-state index in [0.29, 0.717) is 11.1 Å². The number of aryl methyl sites for hydroxylation is 2. The zero-order valence-electron chi connectivity index (χ0n) is 17.4. The molecule has 3 N–H and O–H groups in total. The fourth-order valence-corrected chi connectivity index (χ4v) is 3.70. The van der Waals surface area contributed by atoms with Crippen molar-refractivity contribution in [2.45, 2.75) is 38.3 Å². The molecule has 1 atom stereocenters. The number of nitrogens with one attached hydrogen (secondary N) is 3. The molecule has 1 aliphatic heterocycles. The number of nitrogens with zero attached hydrogens (tertiary/aromatic N) is 1. The lowest BCUT2D eigenvalue weighted by Gasteiger charge is -2.28. The third kappa shape index (κ3) is 3.88. The second-order valence-corrected chi connectivity index (χ2v) is 8.03. The van der Waals surface area contributed by atoms with E-state index in [2.05, 4.69) is 16.0 Å². The van der Waals surface area contributed by atoms with Crippen molar-refractivity contribution in [1.29, 1.82) is 0 Å². The van der Waals surface area contributed by atoms with Crippen molar-refractivity contribution >= 4 is 23.9 Å². The molecular weight excluding hydrogens is 396 g/mol. The summed E-state index contributed by atoms with van der Waals surface area (Å²) in [6.45, 7) is 3.34. The molecule has 0 bridgehead atoms. The Balaban J connectivity index is 1.64. The number of carbonyl (C=O) groups excluding carboxylic acids is 4. The quantitative estimate of drug-likeness (QED) is 0.644. The number of benzene rings is 2. The van der Waals surface area contributed by atoms with E-state index < -0.39 is 36.0 Å².